The molecule has 1 heterocycles. The minimum absolute atomic E-state index is 0.0572. The van der Waals surface area contributed by atoms with Crippen molar-refractivity contribution in [1.82, 2.24) is 9.80 Å². The minimum atomic E-state index is -1.06. The maximum Gasteiger partial charge on any atom is 0.341 e. The van der Waals surface area contributed by atoms with Gasteiger partial charge in [0, 0.05) is 24.4 Å². The second-order valence-electron chi connectivity index (χ2n) is 6.96. The zero-order valence-electron chi connectivity index (χ0n) is 16.3. The number of carbonyl (C=O) groups excluding carboxylic acids is 2. The highest BCUT2D eigenvalue weighted by molar-refractivity contribution is 7.99. The number of carbonyl (C=O) groups is 3. The molecule has 2 rings (SSSR count). The molecule has 8 heteroatoms. The van der Waals surface area contributed by atoms with E-state index < -0.39 is 18.6 Å². The molecule has 0 aliphatic carbocycles. The van der Waals surface area contributed by atoms with Gasteiger partial charge in [-0.25, -0.2) is 4.79 Å². The molecule has 1 aliphatic rings. The van der Waals surface area contributed by atoms with Crippen molar-refractivity contribution in [2.24, 2.45) is 0 Å². The van der Waals surface area contributed by atoms with Gasteiger partial charge in [0.05, 0.1) is 5.88 Å². The van der Waals surface area contributed by atoms with E-state index in [4.69, 9.17) is 9.84 Å². The zero-order chi connectivity index (χ0) is 20.3. The first-order valence-corrected chi connectivity index (χ1v) is 9.90. The summed E-state index contributed by atoms with van der Waals surface area (Å²) < 4.78 is 5.32. The molecular weight excluding hydrogens is 368 g/mol. The molecule has 1 fully saturated rings. The van der Waals surface area contributed by atoms with Gasteiger partial charge in [0.2, 0.25) is 5.91 Å². The summed E-state index contributed by atoms with van der Waals surface area (Å²) in [4.78, 5) is 39.8. The number of likely N-dealkylation sites (N-methyl/N-ethyl adjacent to an activating group) is 1. The van der Waals surface area contributed by atoms with Gasteiger partial charge in [0.25, 0.3) is 5.91 Å². The maximum atomic E-state index is 13.0. The van der Waals surface area contributed by atoms with E-state index in [1.54, 1.807) is 54.6 Å². The Morgan fingerprint density at radius 1 is 1.30 bits per heavy atom. The number of hydrogen-bond donors (Lipinski definition) is 1. The van der Waals surface area contributed by atoms with E-state index in [-0.39, 0.29) is 17.9 Å². The van der Waals surface area contributed by atoms with Gasteiger partial charge in [0.1, 0.15) is 11.8 Å². The van der Waals surface area contributed by atoms with Crippen LogP contribution in [0.1, 0.15) is 35.3 Å². The lowest BCUT2D eigenvalue weighted by Crippen LogP contribution is -2.49. The molecule has 1 N–H and O–H groups in total. The molecule has 148 valence electrons. The highest BCUT2D eigenvalue weighted by Gasteiger charge is 2.37. The molecule has 0 radical (unpaired) electrons. The van der Waals surface area contributed by atoms with Crippen LogP contribution in [0.15, 0.2) is 12.1 Å². The van der Waals surface area contributed by atoms with Crippen LogP contribution in [0, 0.1) is 13.8 Å². The average molecular weight is 394 g/mol. The van der Waals surface area contributed by atoms with Crippen molar-refractivity contribution in [2.45, 2.75) is 39.8 Å². The number of thioether (sulfide) groups is 1. The SMILES string of the molecule is Cc1cc(C(=O)N2CSCC2C(=O)N(C)C(C)C)cc(C)c1OCC(=O)O. The second-order valence-corrected chi connectivity index (χ2v) is 7.95. The maximum absolute atomic E-state index is 13.0. The molecule has 0 saturated carbocycles. The molecule has 2 amide bonds. The summed E-state index contributed by atoms with van der Waals surface area (Å²) >= 11 is 1.56. The summed E-state index contributed by atoms with van der Waals surface area (Å²) in [6, 6.07) is 2.96. The van der Waals surface area contributed by atoms with Crippen molar-refractivity contribution < 1.29 is 24.2 Å². The van der Waals surface area contributed by atoms with E-state index in [9.17, 15) is 14.4 Å². The third-order valence-electron chi connectivity index (χ3n) is 4.60. The van der Waals surface area contributed by atoms with E-state index in [0.717, 1.165) is 0 Å². The summed E-state index contributed by atoms with van der Waals surface area (Å²) in [5, 5.41) is 8.78. The number of benzene rings is 1. The molecule has 27 heavy (non-hydrogen) atoms. The third-order valence-corrected chi connectivity index (χ3v) is 5.61. The fourth-order valence-corrected chi connectivity index (χ4v) is 4.08. The van der Waals surface area contributed by atoms with Crippen molar-refractivity contribution in [1.29, 1.82) is 0 Å². The van der Waals surface area contributed by atoms with Crippen molar-refractivity contribution >= 4 is 29.5 Å². The highest BCUT2D eigenvalue weighted by Crippen LogP contribution is 2.29. The van der Waals surface area contributed by atoms with Crippen LogP contribution in [-0.4, -0.2) is 70.1 Å². The summed E-state index contributed by atoms with van der Waals surface area (Å²) in [5.74, 6) is 0.205. The van der Waals surface area contributed by atoms with Gasteiger partial charge < -0.3 is 19.6 Å². The Morgan fingerprint density at radius 2 is 1.89 bits per heavy atom. The van der Waals surface area contributed by atoms with Crippen molar-refractivity contribution in [2.75, 3.05) is 25.3 Å². The molecule has 0 bridgehead atoms. The van der Waals surface area contributed by atoms with E-state index in [0.29, 0.717) is 34.1 Å². The summed E-state index contributed by atoms with van der Waals surface area (Å²) in [7, 11) is 1.75. The third kappa shape index (κ3) is 4.74. The molecule has 1 aromatic carbocycles. The van der Waals surface area contributed by atoms with Gasteiger partial charge in [-0.1, -0.05) is 0 Å². The molecule has 0 spiro atoms. The molecular formula is C19H26N2O5S. The molecule has 1 saturated heterocycles. The Hall–Kier alpha value is -2.22. The zero-order valence-corrected chi connectivity index (χ0v) is 17.1. The number of carboxylic acids is 1. The number of aryl methyl sites for hydroxylation is 2. The number of hydrogen-bond acceptors (Lipinski definition) is 5. The van der Waals surface area contributed by atoms with Crippen LogP contribution in [0.25, 0.3) is 0 Å². The molecule has 1 aliphatic heterocycles. The van der Waals surface area contributed by atoms with E-state index in [1.165, 1.54) is 0 Å². The van der Waals surface area contributed by atoms with Crippen molar-refractivity contribution in [3.63, 3.8) is 0 Å². The first kappa shape index (κ1) is 21.1. The fraction of sp³-hybridized carbons (Fsp3) is 0.526. The van der Waals surface area contributed by atoms with Crippen LogP contribution in [-0.2, 0) is 9.59 Å². The number of amides is 2. The second kappa shape index (κ2) is 8.65. The molecule has 0 aromatic heterocycles. The molecule has 7 nitrogen and oxygen atoms in total. The Labute approximate surface area is 163 Å². The number of ether oxygens (including phenoxy) is 1. The Kier molecular flexibility index (Phi) is 6.75. The van der Waals surface area contributed by atoms with Gasteiger partial charge in [-0.2, -0.15) is 0 Å². The molecule has 1 aromatic rings. The first-order chi connectivity index (χ1) is 12.6. The Bertz CT molecular complexity index is 727. The van der Waals surface area contributed by atoms with Crippen molar-refractivity contribution in [3.05, 3.63) is 28.8 Å². The van der Waals surface area contributed by atoms with Crippen LogP contribution >= 0.6 is 11.8 Å². The molecule has 1 unspecified atom stereocenters. The average Bonchev–Trinajstić information content (AvgIpc) is 3.08. The van der Waals surface area contributed by atoms with Gasteiger partial charge in [-0.05, 0) is 51.0 Å². The van der Waals surface area contributed by atoms with E-state index >= 15 is 0 Å². The largest absolute Gasteiger partial charge is 0.481 e. The normalized spacial score (nSPS) is 16.5. The van der Waals surface area contributed by atoms with Gasteiger partial charge in [-0.3, -0.25) is 9.59 Å². The van der Waals surface area contributed by atoms with Gasteiger partial charge >= 0.3 is 5.97 Å². The summed E-state index contributed by atoms with van der Waals surface area (Å²) in [6.45, 7) is 6.99. The highest BCUT2D eigenvalue weighted by atomic mass is 32.2. The standard InChI is InChI=1S/C19H26N2O5S/c1-11(2)20(5)19(25)15-9-27-10-21(15)18(24)14-6-12(3)17(13(4)7-14)26-8-16(22)23/h6-7,11,15H,8-10H2,1-5H3,(H,22,23). The van der Waals surface area contributed by atoms with Crippen LogP contribution in [0.2, 0.25) is 0 Å². The van der Waals surface area contributed by atoms with E-state index in [1.807, 2.05) is 13.8 Å². The Balaban J connectivity index is 2.23. The van der Waals surface area contributed by atoms with Crippen LogP contribution in [0.5, 0.6) is 5.75 Å². The summed E-state index contributed by atoms with van der Waals surface area (Å²) in [5.41, 5.74) is 1.85. The monoisotopic (exact) mass is 394 g/mol. The predicted molar refractivity (Wildman–Crippen MR) is 104 cm³/mol. The lowest BCUT2D eigenvalue weighted by molar-refractivity contribution is -0.139. The van der Waals surface area contributed by atoms with Crippen LogP contribution in [0.3, 0.4) is 0 Å². The van der Waals surface area contributed by atoms with E-state index in [2.05, 4.69) is 0 Å². The number of nitrogens with zero attached hydrogens (tertiary/aromatic N) is 2. The first-order valence-electron chi connectivity index (χ1n) is 8.74. The number of aliphatic carboxylic acids is 1. The summed E-state index contributed by atoms with van der Waals surface area (Å²) in [6.07, 6.45) is 0. The van der Waals surface area contributed by atoms with Crippen molar-refractivity contribution in [3.8, 4) is 5.75 Å². The topological polar surface area (TPSA) is 87.2 Å². The minimum Gasteiger partial charge on any atom is -0.481 e. The quantitative estimate of drug-likeness (QED) is 0.796. The molecule has 1 atom stereocenters. The van der Waals surface area contributed by atoms with Gasteiger partial charge in [0.15, 0.2) is 6.61 Å². The van der Waals surface area contributed by atoms with Crippen LogP contribution in [0.4, 0.5) is 0 Å². The van der Waals surface area contributed by atoms with Gasteiger partial charge in [-0.15, -0.1) is 11.8 Å². The van der Waals surface area contributed by atoms with Crippen LogP contribution < -0.4 is 4.74 Å². The predicted octanol–water partition coefficient (Wildman–Crippen LogP) is 2.15. The smallest absolute Gasteiger partial charge is 0.341 e. The lowest BCUT2D eigenvalue weighted by Gasteiger charge is -2.29. The lowest BCUT2D eigenvalue weighted by atomic mass is 10.0. The fourth-order valence-electron chi connectivity index (χ4n) is 2.94. The number of rotatable bonds is 6. The Morgan fingerprint density at radius 3 is 2.41 bits per heavy atom. The number of carboxylic acid groups (broad SMARTS) is 1.